The first-order valence-corrected chi connectivity index (χ1v) is 8.08. The summed E-state index contributed by atoms with van der Waals surface area (Å²) < 4.78 is 5.18. The molecule has 0 bridgehead atoms. The molecule has 0 aromatic rings. The van der Waals surface area contributed by atoms with Gasteiger partial charge in [0.1, 0.15) is 5.54 Å². The van der Waals surface area contributed by atoms with Gasteiger partial charge in [-0.2, -0.15) is 11.8 Å². The van der Waals surface area contributed by atoms with Gasteiger partial charge >= 0.3 is 5.97 Å². The number of thioether (sulfide) groups is 1. The van der Waals surface area contributed by atoms with Gasteiger partial charge in [-0.1, -0.05) is 27.2 Å². The number of hydrogen-bond donors (Lipinski definition) is 1. The second kappa shape index (κ2) is 9.68. The number of rotatable bonds is 10. The predicted molar refractivity (Wildman–Crippen MR) is 80.2 cm³/mol. The van der Waals surface area contributed by atoms with Crippen LogP contribution < -0.4 is 5.32 Å². The van der Waals surface area contributed by atoms with Crippen LogP contribution in [-0.4, -0.2) is 35.7 Å². The summed E-state index contributed by atoms with van der Waals surface area (Å²) >= 11 is 1.94. The Kier molecular flexibility index (Phi) is 9.56. The summed E-state index contributed by atoms with van der Waals surface area (Å²) in [7, 11) is 0. The van der Waals surface area contributed by atoms with Gasteiger partial charge in [-0.15, -0.1) is 0 Å². The molecule has 18 heavy (non-hydrogen) atoms. The second-order valence-electron chi connectivity index (χ2n) is 4.82. The normalized spacial score (nSPS) is 16.1. The maximum atomic E-state index is 12.0. The molecule has 0 aliphatic rings. The summed E-state index contributed by atoms with van der Waals surface area (Å²) in [5.41, 5.74) is -0.552. The zero-order valence-corrected chi connectivity index (χ0v) is 13.4. The van der Waals surface area contributed by atoms with Crippen molar-refractivity contribution >= 4 is 17.7 Å². The lowest BCUT2D eigenvalue weighted by atomic mass is 9.96. The molecule has 0 spiro atoms. The zero-order chi connectivity index (χ0) is 14.0. The molecule has 0 amide bonds. The summed E-state index contributed by atoms with van der Waals surface area (Å²) in [5, 5.41) is 3.74. The van der Waals surface area contributed by atoms with Crippen LogP contribution in [0.4, 0.5) is 0 Å². The van der Waals surface area contributed by atoms with E-state index in [1.54, 1.807) is 0 Å². The maximum Gasteiger partial charge on any atom is 0.326 e. The van der Waals surface area contributed by atoms with Crippen LogP contribution in [0.3, 0.4) is 0 Å². The third-order valence-corrected chi connectivity index (χ3v) is 4.15. The number of ether oxygens (including phenoxy) is 1. The maximum absolute atomic E-state index is 12.0. The van der Waals surface area contributed by atoms with E-state index in [1.165, 1.54) is 18.6 Å². The fourth-order valence-electron chi connectivity index (χ4n) is 1.97. The smallest absolute Gasteiger partial charge is 0.326 e. The topological polar surface area (TPSA) is 38.3 Å². The van der Waals surface area contributed by atoms with Crippen molar-refractivity contribution in [3.05, 3.63) is 0 Å². The van der Waals surface area contributed by atoms with Crippen LogP contribution in [0.15, 0.2) is 0 Å². The van der Waals surface area contributed by atoms with Crippen molar-refractivity contribution in [1.29, 1.82) is 0 Å². The van der Waals surface area contributed by atoms with Gasteiger partial charge in [0.25, 0.3) is 0 Å². The summed E-state index contributed by atoms with van der Waals surface area (Å²) in [6.07, 6.45) is 3.28. The molecule has 4 heteroatoms. The van der Waals surface area contributed by atoms with Crippen molar-refractivity contribution in [1.82, 2.24) is 5.32 Å². The minimum atomic E-state index is -0.552. The molecule has 0 saturated carbocycles. The van der Waals surface area contributed by atoms with Crippen molar-refractivity contribution in [2.45, 2.75) is 64.7 Å². The molecule has 2 atom stereocenters. The predicted octanol–water partition coefficient (Wildman–Crippen LogP) is 3.23. The van der Waals surface area contributed by atoms with Crippen molar-refractivity contribution < 1.29 is 9.53 Å². The van der Waals surface area contributed by atoms with E-state index in [0.29, 0.717) is 11.9 Å². The molecule has 2 unspecified atom stereocenters. The molecular weight excluding hydrogens is 246 g/mol. The molecular formula is C14H29NO2S. The van der Waals surface area contributed by atoms with Gasteiger partial charge in [-0.25, -0.2) is 0 Å². The fraction of sp³-hybridized carbons (Fsp3) is 0.929. The van der Waals surface area contributed by atoms with Gasteiger partial charge in [0.15, 0.2) is 0 Å². The van der Waals surface area contributed by atoms with E-state index in [1.807, 2.05) is 32.5 Å². The minimum Gasteiger partial charge on any atom is -0.465 e. The van der Waals surface area contributed by atoms with E-state index in [4.69, 9.17) is 4.74 Å². The van der Waals surface area contributed by atoms with E-state index in [2.05, 4.69) is 19.2 Å². The highest BCUT2D eigenvalue weighted by Gasteiger charge is 2.35. The van der Waals surface area contributed by atoms with Gasteiger partial charge in [0.05, 0.1) is 6.61 Å². The molecule has 0 aromatic heterocycles. The van der Waals surface area contributed by atoms with Crippen molar-refractivity contribution in [3.63, 3.8) is 0 Å². The highest BCUT2D eigenvalue weighted by atomic mass is 32.2. The number of nitrogens with one attached hydrogen (secondary N) is 1. The molecule has 0 fully saturated rings. The first-order chi connectivity index (χ1) is 8.50. The number of likely N-dealkylation sites (N-methyl/N-ethyl adjacent to an activating group) is 1. The Morgan fingerprint density at radius 2 is 2.06 bits per heavy atom. The van der Waals surface area contributed by atoms with E-state index < -0.39 is 5.54 Å². The molecule has 0 radical (unpaired) electrons. The van der Waals surface area contributed by atoms with Crippen LogP contribution in [0.25, 0.3) is 0 Å². The number of unbranched alkanes of at least 4 members (excludes halogenated alkanes) is 1. The Morgan fingerprint density at radius 3 is 2.56 bits per heavy atom. The van der Waals surface area contributed by atoms with Crippen LogP contribution >= 0.6 is 11.8 Å². The quantitative estimate of drug-likeness (QED) is 0.491. The Morgan fingerprint density at radius 1 is 1.39 bits per heavy atom. The number of carbonyl (C=O) groups is 1. The third kappa shape index (κ3) is 6.64. The lowest BCUT2D eigenvalue weighted by molar-refractivity contribution is -0.150. The Bertz CT molecular complexity index is 236. The Hall–Kier alpha value is -0.220. The van der Waals surface area contributed by atoms with Gasteiger partial charge < -0.3 is 10.1 Å². The Balaban J connectivity index is 4.35. The van der Waals surface area contributed by atoms with Crippen LogP contribution in [0.2, 0.25) is 0 Å². The number of carbonyl (C=O) groups excluding carboxylic acids is 1. The molecule has 0 rings (SSSR count). The number of esters is 1. The van der Waals surface area contributed by atoms with Gasteiger partial charge in [0, 0.05) is 5.25 Å². The van der Waals surface area contributed by atoms with Gasteiger partial charge in [-0.3, -0.25) is 4.79 Å². The molecule has 0 aliphatic carbocycles. The molecule has 1 N–H and O–H groups in total. The fourth-order valence-corrected chi connectivity index (χ4v) is 3.28. The molecule has 0 aliphatic heterocycles. The zero-order valence-electron chi connectivity index (χ0n) is 12.5. The van der Waals surface area contributed by atoms with E-state index in [-0.39, 0.29) is 5.97 Å². The molecule has 0 saturated heterocycles. The minimum absolute atomic E-state index is 0.130. The highest BCUT2D eigenvalue weighted by molar-refractivity contribution is 7.99. The SMILES string of the molecule is CCCCSC(C)CC(C)(NCC)C(=O)OCC. The van der Waals surface area contributed by atoms with Crippen LogP contribution in [-0.2, 0) is 9.53 Å². The molecule has 0 heterocycles. The van der Waals surface area contributed by atoms with Crippen LogP contribution in [0.1, 0.15) is 53.9 Å². The lowest BCUT2D eigenvalue weighted by Crippen LogP contribution is -2.51. The Labute approximate surface area is 116 Å². The monoisotopic (exact) mass is 275 g/mol. The number of hydrogen-bond acceptors (Lipinski definition) is 4. The van der Waals surface area contributed by atoms with E-state index >= 15 is 0 Å². The van der Waals surface area contributed by atoms with Gasteiger partial charge in [-0.05, 0) is 39.0 Å². The van der Waals surface area contributed by atoms with E-state index in [0.717, 1.165) is 13.0 Å². The van der Waals surface area contributed by atoms with Crippen molar-refractivity contribution in [2.24, 2.45) is 0 Å². The molecule has 3 nitrogen and oxygen atoms in total. The third-order valence-electron chi connectivity index (χ3n) is 2.89. The van der Waals surface area contributed by atoms with Crippen LogP contribution in [0, 0.1) is 0 Å². The first kappa shape index (κ1) is 17.8. The first-order valence-electron chi connectivity index (χ1n) is 7.04. The van der Waals surface area contributed by atoms with Crippen molar-refractivity contribution in [2.75, 3.05) is 18.9 Å². The summed E-state index contributed by atoms with van der Waals surface area (Å²) in [5.74, 6) is 1.04. The summed E-state index contributed by atoms with van der Waals surface area (Å²) in [6, 6.07) is 0. The summed E-state index contributed by atoms with van der Waals surface area (Å²) in [6.45, 7) is 11.4. The van der Waals surface area contributed by atoms with Crippen molar-refractivity contribution in [3.8, 4) is 0 Å². The standard InChI is InChI=1S/C14H29NO2S/c1-6-9-10-18-12(4)11-14(5,15-7-2)13(16)17-8-3/h12,15H,6-11H2,1-5H3. The largest absolute Gasteiger partial charge is 0.465 e. The molecule has 108 valence electrons. The molecule has 0 aromatic carbocycles. The van der Waals surface area contributed by atoms with Crippen LogP contribution in [0.5, 0.6) is 0 Å². The summed E-state index contributed by atoms with van der Waals surface area (Å²) in [4.78, 5) is 12.0. The average molecular weight is 275 g/mol. The van der Waals surface area contributed by atoms with E-state index in [9.17, 15) is 4.79 Å². The average Bonchev–Trinajstić information content (AvgIpc) is 2.29. The lowest BCUT2D eigenvalue weighted by Gasteiger charge is -2.30. The second-order valence-corrected chi connectivity index (χ2v) is 6.37. The highest BCUT2D eigenvalue weighted by Crippen LogP contribution is 2.24. The van der Waals surface area contributed by atoms with Gasteiger partial charge in [0.2, 0.25) is 0 Å².